The Hall–Kier alpha value is 0.0327. The number of carbonyl (C=O) groups excluding carboxylic acids is 1. The van der Waals surface area contributed by atoms with Crippen molar-refractivity contribution in [3.63, 3.8) is 0 Å². The van der Waals surface area contributed by atoms with Gasteiger partial charge in [-0.05, 0) is 36.0 Å². The number of hydrogen-bond acceptors (Lipinski definition) is 11. The van der Waals surface area contributed by atoms with Crippen LogP contribution < -0.4 is 123 Å². The summed E-state index contributed by atoms with van der Waals surface area (Å²) in [5.41, 5.74) is 0.995. The van der Waals surface area contributed by atoms with Gasteiger partial charge in [-0.25, -0.2) is 16.8 Å². The van der Waals surface area contributed by atoms with E-state index in [0.29, 0.717) is 12.4 Å². The molecule has 1 aliphatic rings. The Morgan fingerprint density at radius 1 is 0.950 bits per heavy atom. The topological polar surface area (TPSA) is 197 Å². The quantitative estimate of drug-likeness (QED) is 0.219. The maximum absolute atomic E-state index is 12.7. The maximum atomic E-state index is 12.7. The van der Waals surface area contributed by atoms with Crippen molar-refractivity contribution < 1.29 is 149 Å². The Bertz CT molecular complexity index is 1270. The summed E-state index contributed by atoms with van der Waals surface area (Å²) < 4.78 is 55.6. The summed E-state index contributed by atoms with van der Waals surface area (Å²) in [4.78, 5) is 21.8. The summed E-state index contributed by atoms with van der Waals surface area (Å²) >= 11 is 0. The molecule has 210 valence electrons. The molecule has 0 radical (unpaired) electrons. The number of hydrogen-bond donors (Lipinski definition) is 2. The van der Waals surface area contributed by atoms with Crippen LogP contribution in [0.4, 0.5) is 4.79 Å². The third-order valence-corrected chi connectivity index (χ3v) is 8.41. The summed E-state index contributed by atoms with van der Waals surface area (Å²) in [5.74, 6) is -0.989. The van der Waals surface area contributed by atoms with Crippen molar-refractivity contribution in [3.8, 4) is 5.75 Å². The fourth-order valence-electron chi connectivity index (χ4n) is 3.62. The number of benzene rings is 2. The number of carboxylic acids is 1. The molecular formula is C23H29K2N3O10S2. The minimum absolute atomic E-state index is 0. The van der Waals surface area contributed by atoms with Gasteiger partial charge in [0.25, 0.3) is 0 Å². The van der Waals surface area contributed by atoms with E-state index < -0.39 is 43.9 Å². The van der Waals surface area contributed by atoms with E-state index in [-0.39, 0.29) is 140 Å². The van der Waals surface area contributed by atoms with E-state index in [9.17, 15) is 26.7 Å². The third-order valence-electron chi connectivity index (χ3n) is 5.53. The predicted molar refractivity (Wildman–Crippen MR) is 132 cm³/mol. The standard InChI is InChI=1S/C22H29N3O7S2.CH2O3.2K/c1-33(28,29)25-13-11-24(12-14-25)21(22(26)27)15-23-17-34(30,31)20-9-7-19(8-10-20)32-16-18-5-3-2-4-6-18;2-1(3)4;;/h2-10,21,23H,11-17H2,1H3,(H,26,27);(H2,2,3,4);;/q;;2*+1/p-2/t21-;;;/m0.../s1. The first kappa shape index (κ1) is 40.0. The number of rotatable bonds is 11. The third kappa shape index (κ3) is 14.5. The minimum atomic E-state index is -3.69. The molecule has 1 heterocycles. The largest absolute Gasteiger partial charge is 1.00 e. The second kappa shape index (κ2) is 19.3. The summed E-state index contributed by atoms with van der Waals surface area (Å²) in [5, 5.41) is 29.0. The Balaban J connectivity index is 0.00000237. The monoisotopic (exact) mass is 649 g/mol. The van der Waals surface area contributed by atoms with Gasteiger partial charge in [0.15, 0.2) is 9.84 Å². The van der Waals surface area contributed by atoms with Gasteiger partial charge in [-0.3, -0.25) is 9.69 Å². The number of aliphatic carboxylic acids is 1. The van der Waals surface area contributed by atoms with Gasteiger partial charge >= 0.3 is 109 Å². The van der Waals surface area contributed by atoms with Gasteiger partial charge in [0.05, 0.1) is 11.2 Å². The second-order valence-electron chi connectivity index (χ2n) is 8.26. The van der Waals surface area contributed by atoms with Crippen molar-refractivity contribution in [1.29, 1.82) is 0 Å². The molecule has 0 bridgehead atoms. The number of sulfone groups is 1. The fourth-order valence-corrected chi connectivity index (χ4v) is 5.55. The first-order chi connectivity index (χ1) is 17.8. The van der Waals surface area contributed by atoms with Crippen molar-refractivity contribution in [2.75, 3.05) is 44.9 Å². The summed E-state index contributed by atoms with van der Waals surface area (Å²) in [6, 6.07) is 14.7. The molecule has 0 aliphatic carbocycles. The molecule has 3 rings (SSSR count). The van der Waals surface area contributed by atoms with Crippen molar-refractivity contribution in [2.45, 2.75) is 17.5 Å². The Kier molecular flexibility index (Phi) is 19.4. The molecule has 0 amide bonds. The zero-order chi connectivity index (χ0) is 28.3. The summed E-state index contributed by atoms with van der Waals surface area (Å²) in [7, 11) is -7.02. The van der Waals surface area contributed by atoms with Gasteiger partial charge in [-0.15, -0.1) is 0 Å². The molecule has 0 spiro atoms. The van der Waals surface area contributed by atoms with E-state index in [2.05, 4.69) is 5.32 Å². The Morgan fingerprint density at radius 2 is 1.48 bits per heavy atom. The molecule has 13 nitrogen and oxygen atoms in total. The molecular weight excluding hydrogens is 621 g/mol. The first-order valence-corrected chi connectivity index (χ1v) is 14.8. The van der Waals surface area contributed by atoms with Crippen molar-refractivity contribution >= 4 is 32.0 Å². The van der Waals surface area contributed by atoms with Gasteiger partial charge < -0.3 is 30.2 Å². The maximum Gasteiger partial charge on any atom is 1.00 e. The van der Waals surface area contributed by atoms with E-state index in [1.165, 1.54) is 16.4 Å². The first-order valence-electron chi connectivity index (χ1n) is 11.3. The van der Waals surface area contributed by atoms with Crippen molar-refractivity contribution in [2.24, 2.45) is 0 Å². The molecule has 1 atom stereocenters. The molecule has 40 heavy (non-hydrogen) atoms. The minimum Gasteiger partial charge on any atom is -0.652 e. The zero-order valence-corrected chi connectivity index (χ0v) is 30.4. The van der Waals surface area contributed by atoms with E-state index in [1.807, 2.05) is 30.3 Å². The molecule has 2 aromatic rings. The fraction of sp³-hybridized carbons (Fsp3) is 0.391. The van der Waals surface area contributed by atoms with Gasteiger partial charge in [-0.1, -0.05) is 30.3 Å². The van der Waals surface area contributed by atoms with Gasteiger partial charge in [0.1, 0.15) is 24.3 Å². The van der Waals surface area contributed by atoms with Crippen LogP contribution in [0.15, 0.2) is 59.5 Å². The van der Waals surface area contributed by atoms with Crippen LogP contribution in [0.25, 0.3) is 0 Å². The van der Waals surface area contributed by atoms with Crippen LogP contribution in [0.2, 0.25) is 0 Å². The molecule has 0 unspecified atom stereocenters. The zero-order valence-electron chi connectivity index (χ0n) is 22.6. The Labute approximate surface area is 319 Å². The predicted octanol–water partition coefficient (Wildman–Crippen LogP) is -7.82. The van der Waals surface area contributed by atoms with E-state index in [1.54, 1.807) is 17.0 Å². The average Bonchev–Trinajstić information content (AvgIpc) is 2.85. The number of ether oxygens (including phenoxy) is 1. The van der Waals surface area contributed by atoms with E-state index in [4.69, 9.17) is 19.7 Å². The van der Waals surface area contributed by atoms with Crippen LogP contribution in [-0.4, -0.2) is 94.2 Å². The molecule has 2 aromatic carbocycles. The molecule has 0 saturated carbocycles. The van der Waals surface area contributed by atoms with E-state index in [0.717, 1.165) is 11.8 Å². The SMILES string of the molecule is CS(=O)(=O)N1CCN([C@@H](CNCS(=O)(=O)c2ccc(OCc3ccccc3)cc2)C(=O)O)CC1.O=C([O-])[O-].[K+].[K+]. The molecule has 2 N–H and O–H groups in total. The van der Waals surface area contributed by atoms with Crippen LogP contribution in [0.5, 0.6) is 5.75 Å². The number of carbonyl (C=O) groups is 2. The number of nitrogens with one attached hydrogen (secondary N) is 1. The van der Waals surface area contributed by atoms with Gasteiger partial charge in [0, 0.05) is 32.7 Å². The van der Waals surface area contributed by atoms with Crippen LogP contribution in [0, 0.1) is 0 Å². The average molecular weight is 650 g/mol. The van der Waals surface area contributed by atoms with Crippen molar-refractivity contribution in [3.05, 3.63) is 60.2 Å². The number of piperazine rings is 1. The van der Waals surface area contributed by atoms with E-state index >= 15 is 0 Å². The second-order valence-corrected chi connectivity index (χ2v) is 12.2. The molecule has 1 aliphatic heterocycles. The number of nitrogens with zero attached hydrogens (tertiary/aromatic N) is 2. The Morgan fingerprint density at radius 3 is 1.95 bits per heavy atom. The summed E-state index contributed by atoms with van der Waals surface area (Å²) in [6.45, 7) is 1.17. The summed E-state index contributed by atoms with van der Waals surface area (Å²) in [6.07, 6.45) is -1.22. The van der Waals surface area contributed by atoms with Gasteiger partial charge in [-0.2, -0.15) is 4.31 Å². The van der Waals surface area contributed by atoms with Crippen molar-refractivity contribution in [1.82, 2.24) is 14.5 Å². The van der Waals surface area contributed by atoms with Crippen LogP contribution in [0.1, 0.15) is 5.56 Å². The molecule has 1 saturated heterocycles. The van der Waals surface area contributed by atoms with Gasteiger partial charge in [0.2, 0.25) is 10.0 Å². The number of carboxylic acid groups (broad SMARTS) is 3. The molecule has 1 fully saturated rings. The number of sulfonamides is 1. The van der Waals surface area contributed by atoms with Crippen LogP contribution in [-0.2, 0) is 31.3 Å². The van der Waals surface area contributed by atoms with Crippen LogP contribution >= 0.6 is 0 Å². The molecule has 0 aromatic heterocycles. The molecule has 17 heteroatoms. The smallest absolute Gasteiger partial charge is 0.652 e. The normalized spacial score (nSPS) is 14.8. The van der Waals surface area contributed by atoms with Crippen LogP contribution in [0.3, 0.4) is 0 Å².